The zero-order valence-electron chi connectivity index (χ0n) is 17.8. The maximum Gasteiger partial charge on any atom is 0.151 e. The van der Waals surface area contributed by atoms with Crippen LogP contribution >= 0.6 is 0 Å². The maximum absolute atomic E-state index is 10.9. The van der Waals surface area contributed by atoms with E-state index in [-0.39, 0.29) is 5.92 Å². The number of aryl methyl sites for hydroxylation is 1. The van der Waals surface area contributed by atoms with Crippen LogP contribution in [0.25, 0.3) is 0 Å². The third-order valence-electron chi connectivity index (χ3n) is 6.87. The minimum absolute atomic E-state index is 0.0905. The van der Waals surface area contributed by atoms with Gasteiger partial charge < -0.3 is 25.5 Å². The summed E-state index contributed by atoms with van der Waals surface area (Å²) in [4.78, 5) is 0. The van der Waals surface area contributed by atoms with Gasteiger partial charge in [-0.3, -0.25) is 0 Å². The van der Waals surface area contributed by atoms with Gasteiger partial charge in [0.1, 0.15) is 0 Å². The van der Waals surface area contributed by atoms with Gasteiger partial charge in [0.05, 0.1) is 17.8 Å². The first-order chi connectivity index (χ1) is 14.3. The van der Waals surface area contributed by atoms with Crippen LogP contribution in [-0.4, -0.2) is 49.6 Å². The molecule has 5 nitrogen and oxygen atoms in total. The largest absolute Gasteiger partial charge is 0.392 e. The van der Waals surface area contributed by atoms with E-state index in [2.05, 4.69) is 12.1 Å². The molecule has 3 rings (SSSR count). The standard InChI is InChI=1S/C25H36O5/c1-24(30)17-22(27)25(21(24)11-7-2-3-8-12-23(28)29)16-19(25)15-20(26)14-13-18-9-5-4-6-10-18/h2,4-7,9-10,15,20-23,26-30H,3,8,11-14,16-17H2,1H3/b7-2-,19-15-/t20-,21-,22+,24+,25?/m0/s1. The molecule has 1 aromatic carbocycles. The molecule has 0 heterocycles. The highest BCUT2D eigenvalue weighted by Crippen LogP contribution is 2.69. The number of allylic oxidation sites excluding steroid dienone is 2. The summed E-state index contributed by atoms with van der Waals surface area (Å²) in [6.45, 7) is 1.80. The molecule has 0 bridgehead atoms. The molecule has 5 N–H and O–H groups in total. The Morgan fingerprint density at radius 1 is 1.10 bits per heavy atom. The molecule has 2 aliphatic carbocycles. The van der Waals surface area contributed by atoms with Crippen molar-refractivity contribution in [2.45, 2.75) is 82.4 Å². The number of hydrogen-bond donors (Lipinski definition) is 5. The highest BCUT2D eigenvalue weighted by Gasteiger charge is 2.68. The van der Waals surface area contributed by atoms with Crippen LogP contribution in [0.1, 0.15) is 57.4 Å². The molecule has 1 aromatic rings. The van der Waals surface area contributed by atoms with Crippen molar-refractivity contribution >= 4 is 0 Å². The second-order valence-electron chi connectivity index (χ2n) is 9.25. The van der Waals surface area contributed by atoms with Crippen molar-refractivity contribution in [3.05, 3.63) is 59.7 Å². The normalized spacial score (nSPS) is 33.2. The van der Waals surface area contributed by atoms with E-state index in [0.717, 1.165) is 24.8 Å². The van der Waals surface area contributed by atoms with Crippen LogP contribution in [0.4, 0.5) is 0 Å². The smallest absolute Gasteiger partial charge is 0.151 e. The lowest BCUT2D eigenvalue weighted by molar-refractivity contribution is -0.0460. The fourth-order valence-corrected chi connectivity index (χ4v) is 5.17. The molecule has 2 fully saturated rings. The van der Waals surface area contributed by atoms with Crippen LogP contribution in [0.5, 0.6) is 0 Å². The zero-order valence-corrected chi connectivity index (χ0v) is 17.8. The number of aliphatic hydroxyl groups is 5. The molecule has 1 unspecified atom stereocenters. The second kappa shape index (κ2) is 9.75. The Morgan fingerprint density at radius 2 is 1.83 bits per heavy atom. The zero-order chi connectivity index (χ0) is 21.8. The van der Waals surface area contributed by atoms with E-state index in [1.54, 1.807) is 6.92 Å². The summed E-state index contributed by atoms with van der Waals surface area (Å²) in [5, 5.41) is 50.0. The van der Waals surface area contributed by atoms with Crippen LogP contribution in [-0.2, 0) is 6.42 Å². The van der Waals surface area contributed by atoms with Gasteiger partial charge in [0.15, 0.2) is 6.29 Å². The molecule has 30 heavy (non-hydrogen) atoms. The minimum atomic E-state index is -1.26. The van der Waals surface area contributed by atoms with E-state index in [9.17, 15) is 15.3 Å². The van der Waals surface area contributed by atoms with Gasteiger partial charge in [0, 0.05) is 17.8 Å². The maximum atomic E-state index is 10.9. The summed E-state index contributed by atoms with van der Waals surface area (Å²) < 4.78 is 0. The van der Waals surface area contributed by atoms with Crippen molar-refractivity contribution in [3.8, 4) is 0 Å². The lowest BCUT2D eigenvalue weighted by Crippen LogP contribution is -2.32. The van der Waals surface area contributed by atoms with Gasteiger partial charge in [-0.05, 0) is 57.4 Å². The Labute approximate surface area is 179 Å². The van der Waals surface area contributed by atoms with E-state index in [0.29, 0.717) is 32.1 Å². The van der Waals surface area contributed by atoms with Gasteiger partial charge in [-0.1, -0.05) is 54.1 Å². The molecule has 166 valence electrons. The summed E-state index contributed by atoms with van der Waals surface area (Å²) in [6, 6.07) is 10.1. The highest BCUT2D eigenvalue weighted by molar-refractivity contribution is 5.41. The molecule has 0 aromatic heterocycles. The van der Waals surface area contributed by atoms with Crippen LogP contribution in [0, 0.1) is 11.3 Å². The quantitative estimate of drug-likeness (QED) is 0.229. The van der Waals surface area contributed by atoms with Gasteiger partial charge in [-0.15, -0.1) is 0 Å². The Kier molecular flexibility index (Phi) is 7.53. The van der Waals surface area contributed by atoms with E-state index < -0.39 is 29.5 Å². The van der Waals surface area contributed by atoms with Gasteiger partial charge in [-0.25, -0.2) is 0 Å². The SMILES string of the molecule is C[C@@]1(O)C[C@@H](O)C2(C/C2=C/[C@@H](O)CCc2ccccc2)[C@H]1C/C=C\CCCC(O)O. The first kappa shape index (κ1) is 23.2. The van der Waals surface area contributed by atoms with Crippen LogP contribution in [0.15, 0.2) is 54.1 Å². The molecule has 0 radical (unpaired) electrons. The van der Waals surface area contributed by atoms with Gasteiger partial charge in [-0.2, -0.15) is 0 Å². The number of unbranched alkanes of at least 4 members (excludes halogenated alkanes) is 1. The third kappa shape index (κ3) is 5.40. The summed E-state index contributed by atoms with van der Waals surface area (Å²) in [7, 11) is 0. The molecular weight excluding hydrogens is 380 g/mol. The van der Waals surface area contributed by atoms with Gasteiger partial charge in [0.25, 0.3) is 0 Å². The second-order valence-corrected chi connectivity index (χ2v) is 9.25. The van der Waals surface area contributed by atoms with Crippen LogP contribution in [0.2, 0.25) is 0 Å². The van der Waals surface area contributed by atoms with Gasteiger partial charge in [0.2, 0.25) is 0 Å². The van der Waals surface area contributed by atoms with E-state index >= 15 is 0 Å². The molecule has 0 aliphatic heterocycles. The van der Waals surface area contributed by atoms with Crippen molar-refractivity contribution in [2.24, 2.45) is 11.3 Å². The number of aliphatic hydroxyl groups excluding tert-OH is 3. The molecule has 2 saturated carbocycles. The first-order valence-electron chi connectivity index (χ1n) is 11.1. The van der Waals surface area contributed by atoms with E-state index in [1.807, 2.05) is 36.4 Å². The van der Waals surface area contributed by atoms with E-state index in [4.69, 9.17) is 10.2 Å². The van der Waals surface area contributed by atoms with Gasteiger partial charge >= 0.3 is 0 Å². The molecule has 1 spiro atoms. The molecular formula is C25H36O5. The molecule has 0 amide bonds. The summed E-state index contributed by atoms with van der Waals surface area (Å²) in [6.07, 6.45) is 8.48. The number of benzene rings is 1. The Hall–Kier alpha value is -1.50. The topological polar surface area (TPSA) is 101 Å². The molecule has 2 aliphatic rings. The van der Waals surface area contributed by atoms with Crippen molar-refractivity contribution in [2.75, 3.05) is 0 Å². The Bertz CT molecular complexity index is 739. The molecule has 5 atom stereocenters. The number of hydrogen-bond acceptors (Lipinski definition) is 5. The van der Waals surface area contributed by atoms with Crippen molar-refractivity contribution in [1.82, 2.24) is 0 Å². The minimum Gasteiger partial charge on any atom is -0.392 e. The lowest BCUT2D eigenvalue weighted by atomic mass is 9.81. The predicted molar refractivity (Wildman–Crippen MR) is 116 cm³/mol. The average Bonchev–Trinajstić information content (AvgIpc) is 3.35. The van der Waals surface area contributed by atoms with Crippen molar-refractivity contribution < 1.29 is 25.5 Å². The molecule has 5 heteroatoms. The van der Waals surface area contributed by atoms with Crippen molar-refractivity contribution in [1.29, 1.82) is 0 Å². The fraction of sp³-hybridized carbons (Fsp3) is 0.600. The first-order valence-corrected chi connectivity index (χ1v) is 11.1. The number of rotatable bonds is 10. The lowest BCUT2D eigenvalue weighted by Gasteiger charge is -2.28. The van der Waals surface area contributed by atoms with Crippen LogP contribution in [0.3, 0.4) is 0 Å². The molecule has 0 saturated heterocycles. The monoisotopic (exact) mass is 416 g/mol. The summed E-state index contributed by atoms with van der Waals surface area (Å²) in [5.74, 6) is -0.0905. The van der Waals surface area contributed by atoms with Crippen LogP contribution < -0.4 is 0 Å². The van der Waals surface area contributed by atoms with Crippen molar-refractivity contribution in [3.63, 3.8) is 0 Å². The Balaban J connectivity index is 1.59. The predicted octanol–water partition coefficient (Wildman–Crippen LogP) is 2.86. The third-order valence-corrected chi connectivity index (χ3v) is 6.87. The summed E-state index contributed by atoms with van der Waals surface area (Å²) in [5.41, 5.74) is 0.884. The van der Waals surface area contributed by atoms with E-state index in [1.165, 1.54) is 5.56 Å². The average molecular weight is 417 g/mol. The Morgan fingerprint density at radius 3 is 2.53 bits per heavy atom. The highest BCUT2D eigenvalue weighted by atomic mass is 16.5. The summed E-state index contributed by atoms with van der Waals surface area (Å²) >= 11 is 0. The fourth-order valence-electron chi connectivity index (χ4n) is 5.17.